The van der Waals surface area contributed by atoms with Crippen LogP contribution < -0.4 is 9.47 Å². The Kier molecular flexibility index (Phi) is 5.62. The van der Waals surface area contributed by atoms with Gasteiger partial charge < -0.3 is 19.2 Å². The van der Waals surface area contributed by atoms with E-state index in [0.29, 0.717) is 24.1 Å². The number of halogens is 3. The molecule has 0 radical (unpaired) electrons. The Hall–Kier alpha value is -2.26. The molecule has 144 valence electrons. The number of aromatic nitrogens is 1. The van der Waals surface area contributed by atoms with Crippen molar-refractivity contribution in [2.75, 3.05) is 20.3 Å². The van der Waals surface area contributed by atoms with E-state index in [1.54, 1.807) is 19.2 Å². The van der Waals surface area contributed by atoms with Gasteiger partial charge in [-0.3, -0.25) is 4.98 Å². The molecule has 0 amide bonds. The minimum Gasteiger partial charge on any atom is -0.493 e. The third-order valence-corrected chi connectivity index (χ3v) is 4.43. The average Bonchev–Trinajstić information content (AvgIpc) is 3.07. The van der Waals surface area contributed by atoms with Crippen LogP contribution in [0.5, 0.6) is 11.5 Å². The van der Waals surface area contributed by atoms with Crippen LogP contribution in [0, 0.1) is 0 Å². The van der Waals surface area contributed by atoms with Gasteiger partial charge in [0, 0.05) is 30.5 Å². The van der Waals surface area contributed by atoms with Crippen molar-refractivity contribution >= 4 is 7.12 Å². The number of hydrogen-bond acceptors (Lipinski definition) is 5. The maximum absolute atomic E-state index is 13.9. The van der Waals surface area contributed by atoms with Crippen molar-refractivity contribution in [2.24, 2.45) is 0 Å². The van der Waals surface area contributed by atoms with Gasteiger partial charge in [0.05, 0.1) is 13.7 Å². The first-order valence-corrected chi connectivity index (χ1v) is 8.51. The molecule has 5 nitrogen and oxygen atoms in total. The van der Waals surface area contributed by atoms with Crippen LogP contribution in [0.3, 0.4) is 0 Å². The molecule has 2 heterocycles. The molecule has 27 heavy (non-hydrogen) atoms. The van der Waals surface area contributed by atoms with Gasteiger partial charge in [-0.25, -0.2) is 0 Å². The molecule has 1 aromatic heterocycles. The Morgan fingerprint density at radius 1 is 1.33 bits per heavy atom. The summed E-state index contributed by atoms with van der Waals surface area (Å²) in [5.41, 5.74) is 0.0849. The van der Waals surface area contributed by atoms with E-state index in [1.807, 2.05) is 0 Å². The van der Waals surface area contributed by atoms with Crippen LogP contribution in [-0.4, -0.2) is 37.4 Å². The summed E-state index contributed by atoms with van der Waals surface area (Å²) in [4.78, 5) is 4.10. The van der Waals surface area contributed by atoms with Gasteiger partial charge in [-0.15, -0.1) is 0 Å². The molecule has 1 unspecified atom stereocenters. The van der Waals surface area contributed by atoms with Crippen LogP contribution in [-0.2, 0) is 10.8 Å². The van der Waals surface area contributed by atoms with Crippen molar-refractivity contribution in [2.45, 2.75) is 25.3 Å². The van der Waals surface area contributed by atoms with Crippen LogP contribution in [0.15, 0.2) is 30.6 Å². The van der Waals surface area contributed by atoms with E-state index in [1.165, 1.54) is 25.4 Å². The first kappa shape index (κ1) is 19.5. The van der Waals surface area contributed by atoms with Gasteiger partial charge in [0.15, 0.2) is 11.5 Å². The average molecular weight is 381 g/mol. The summed E-state index contributed by atoms with van der Waals surface area (Å²) in [5.74, 6) is -0.439. The van der Waals surface area contributed by atoms with Gasteiger partial charge in [0.1, 0.15) is 5.56 Å². The number of methoxy groups -OCH3 is 1. The number of pyridine rings is 1. The highest BCUT2D eigenvalue weighted by molar-refractivity contribution is 6.43. The normalized spacial score (nSPS) is 17.3. The van der Waals surface area contributed by atoms with Crippen molar-refractivity contribution in [3.8, 4) is 22.6 Å². The van der Waals surface area contributed by atoms with Crippen molar-refractivity contribution in [3.63, 3.8) is 0 Å². The third-order valence-electron chi connectivity index (χ3n) is 4.43. The second-order valence-electron chi connectivity index (χ2n) is 6.18. The Labute approximate surface area is 155 Å². The van der Waals surface area contributed by atoms with Crippen molar-refractivity contribution in [1.82, 2.24) is 4.98 Å². The van der Waals surface area contributed by atoms with E-state index in [-0.39, 0.29) is 29.6 Å². The van der Waals surface area contributed by atoms with Crippen LogP contribution in [0.25, 0.3) is 11.1 Å². The lowest BCUT2D eigenvalue weighted by atomic mass is 9.79. The highest BCUT2D eigenvalue weighted by Gasteiger charge is 2.39. The molecule has 0 saturated carbocycles. The fourth-order valence-electron chi connectivity index (χ4n) is 3.20. The SMILES string of the molecule is CCOc1c(OC)ccc(-c2cncc(C3COB(O)C3)c2)c1C(F)(F)F. The molecule has 0 aliphatic carbocycles. The van der Waals surface area contributed by atoms with Gasteiger partial charge in [-0.2, -0.15) is 13.2 Å². The largest absolute Gasteiger partial charge is 0.493 e. The zero-order valence-electron chi connectivity index (χ0n) is 14.9. The molecule has 0 spiro atoms. The number of alkyl halides is 3. The molecule has 1 fully saturated rings. The molecule has 1 atom stereocenters. The summed E-state index contributed by atoms with van der Waals surface area (Å²) in [6.07, 6.45) is -1.31. The van der Waals surface area contributed by atoms with Crippen molar-refractivity contribution < 1.29 is 32.3 Å². The smallest absolute Gasteiger partial charge is 0.454 e. The maximum atomic E-state index is 13.9. The van der Waals surface area contributed by atoms with Crippen LogP contribution in [0.2, 0.25) is 6.32 Å². The maximum Gasteiger partial charge on any atom is 0.454 e. The Morgan fingerprint density at radius 3 is 2.70 bits per heavy atom. The van der Waals surface area contributed by atoms with Crippen molar-refractivity contribution in [1.29, 1.82) is 0 Å². The second kappa shape index (κ2) is 7.78. The lowest BCUT2D eigenvalue weighted by Gasteiger charge is -2.20. The fraction of sp³-hybridized carbons (Fsp3) is 0.389. The standard InChI is InChI=1S/C18H19BF3NO4/c1-3-26-17-15(25-2)5-4-14(16(17)18(20,21)22)12-6-11(8-23-9-12)13-7-19(24)27-10-13/h4-6,8-9,13,24H,3,7,10H2,1-2H3. The molecular weight excluding hydrogens is 362 g/mol. The van der Waals surface area contributed by atoms with Gasteiger partial charge in [0.25, 0.3) is 0 Å². The molecule has 0 bridgehead atoms. The number of hydrogen-bond donors (Lipinski definition) is 1. The minimum absolute atomic E-state index is 0.0179. The molecule has 3 rings (SSSR count). The lowest BCUT2D eigenvalue weighted by Crippen LogP contribution is -2.12. The summed E-state index contributed by atoms with van der Waals surface area (Å²) in [6.45, 7) is 1.98. The summed E-state index contributed by atoms with van der Waals surface area (Å²) >= 11 is 0. The lowest BCUT2D eigenvalue weighted by molar-refractivity contribution is -0.138. The third kappa shape index (κ3) is 4.04. The summed E-state index contributed by atoms with van der Waals surface area (Å²) in [5, 5.41) is 9.53. The molecular formula is C18H19BF3NO4. The molecule has 9 heteroatoms. The topological polar surface area (TPSA) is 60.8 Å². The first-order chi connectivity index (χ1) is 12.8. The summed E-state index contributed by atoms with van der Waals surface area (Å²) in [7, 11) is 0.431. The van der Waals surface area contributed by atoms with E-state index >= 15 is 0 Å². The van der Waals surface area contributed by atoms with Gasteiger partial charge in [-0.1, -0.05) is 0 Å². The van der Waals surface area contributed by atoms with Crippen LogP contribution >= 0.6 is 0 Å². The number of ether oxygens (including phenoxy) is 2. The summed E-state index contributed by atoms with van der Waals surface area (Å²) < 4.78 is 57.1. The molecule has 2 aromatic rings. The van der Waals surface area contributed by atoms with Gasteiger partial charge in [-0.05, 0) is 42.6 Å². The first-order valence-electron chi connectivity index (χ1n) is 8.51. The molecule has 1 N–H and O–H groups in total. The Morgan fingerprint density at radius 2 is 2.11 bits per heavy atom. The Balaban J connectivity index is 2.12. The number of rotatable bonds is 5. The van der Waals surface area contributed by atoms with E-state index in [2.05, 4.69) is 4.98 Å². The van der Waals surface area contributed by atoms with E-state index in [4.69, 9.17) is 14.1 Å². The molecule has 1 aliphatic heterocycles. The summed E-state index contributed by atoms with van der Waals surface area (Å²) in [6, 6.07) is 4.45. The van der Waals surface area contributed by atoms with Crippen LogP contribution in [0.1, 0.15) is 24.0 Å². The molecule has 1 saturated heterocycles. The van der Waals surface area contributed by atoms with Crippen molar-refractivity contribution in [3.05, 3.63) is 41.7 Å². The zero-order valence-corrected chi connectivity index (χ0v) is 14.9. The molecule has 1 aliphatic rings. The highest BCUT2D eigenvalue weighted by atomic mass is 19.4. The predicted octanol–water partition coefficient (Wildman–Crippen LogP) is 3.77. The monoisotopic (exact) mass is 381 g/mol. The Bertz CT molecular complexity index is 816. The quantitative estimate of drug-likeness (QED) is 0.800. The van der Waals surface area contributed by atoms with Crippen LogP contribution in [0.4, 0.5) is 13.2 Å². The highest BCUT2D eigenvalue weighted by Crippen LogP contribution is 2.47. The van der Waals surface area contributed by atoms with E-state index < -0.39 is 18.9 Å². The molecule has 1 aromatic carbocycles. The minimum atomic E-state index is -4.64. The van der Waals surface area contributed by atoms with E-state index in [9.17, 15) is 18.2 Å². The van der Waals surface area contributed by atoms with Gasteiger partial charge in [0.2, 0.25) is 0 Å². The van der Waals surface area contributed by atoms with Gasteiger partial charge >= 0.3 is 13.3 Å². The zero-order chi connectivity index (χ0) is 19.6. The predicted molar refractivity (Wildman–Crippen MR) is 93.9 cm³/mol. The second-order valence-corrected chi connectivity index (χ2v) is 6.18. The number of nitrogens with zero attached hydrogens (tertiary/aromatic N) is 1. The fourth-order valence-corrected chi connectivity index (χ4v) is 3.20. The number of benzene rings is 1. The van der Waals surface area contributed by atoms with E-state index in [0.717, 1.165) is 0 Å².